The average molecular weight is 329 g/mol. The van der Waals surface area contributed by atoms with Crippen LogP contribution < -0.4 is 16.0 Å². The average Bonchev–Trinajstić information content (AvgIpc) is 2.42. The number of rotatable bonds is 9. The summed E-state index contributed by atoms with van der Waals surface area (Å²) in [6.45, 7) is 9.64. The molecule has 6 heteroatoms. The van der Waals surface area contributed by atoms with Crippen LogP contribution in [-0.4, -0.2) is 49.0 Å². The second-order valence-electron chi connectivity index (χ2n) is 6.36. The molecule has 1 saturated carbocycles. The van der Waals surface area contributed by atoms with Gasteiger partial charge in [0.2, 0.25) is 5.91 Å². The van der Waals surface area contributed by atoms with Gasteiger partial charge in [0.25, 0.3) is 0 Å². The van der Waals surface area contributed by atoms with E-state index in [1.165, 1.54) is 6.42 Å². The lowest BCUT2D eigenvalue weighted by molar-refractivity contribution is -0.127. The summed E-state index contributed by atoms with van der Waals surface area (Å²) in [6, 6.07) is 0. The number of nitrogens with zero attached hydrogens (tertiary/aromatic N) is 1. The first-order valence-corrected chi connectivity index (χ1v) is 9.56. The number of hydrogen-bond donors (Lipinski definition) is 3. The van der Waals surface area contributed by atoms with Crippen molar-refractivity contribution in [3.05, 3.63) is 0 Å². The molecule has 22 heavy (non-hydrogen) atoms. The van der Waals surface area contributed by atoms with Gasteiger partial charge in [-0.3, -0.25) is 9.79 Å². The van der Waals surface area contributed by atoms with E-state index in [2.05, 4.69) is 48.0 Å². The van der Waals surface area contributed by atoms with E-state index < -0.39 is 0 Å². The minimum atomic E-state index is 0.152. The summed E-state index contributed by atoms with van der Waals surface area (Å²) in [6.07, 6.45) is 6.35. The third-order valence-electron chi connectivity index (χ3n) is 3.94. The monoisotopic (exact) mass is 328 g/mol. The maximum absolute atomic E-state index is 11.7. The predicted molar refractivity (Wildman–Crippen MR) is 96.5 cm³/mol. The molecular formula is C16H32N4OS. The van der Waals surface area contributed by atoms with Crippen LogP contribution in [0.4, 0.5) is 0 Å². The Morgan fingerprint density at radius 3 is 2.45 bits per heavy atom. The first-order chi connectivity index (χ1) is 10.5. The van der Waals surface area contributed by atoms with Gasteiger partial charge >= 0.3 is 0 Å². The Balaban J connectivity index is 2.20. The molecule has 0 unspecified atom stereocenters. The molecule has 1 aliphatic carbocycles. The van der Waals surface area contributed by atoms with Crippen molar-refractivity contribution >= 4 is 23.6 Å². The molecule has 1 amide bonds. The Bertz CT molecular complexity index is 367. The van der Waals surface area contributed by atoms with Crippen LogP contribution in [0.1, 0.15) is 46.5 Å². The van der Waals surface area contributed by atoms with Crippen LogP contribution in [0.15, 0.2) is 4.99 Å². The molecule has 0 atom stereocenters. The number of aliphatic imine (C=N–C) groups is 1. The van der Waals surface area contributed by atoms with Crippen molar-refractivity contribution in [2.45, 2.75) is 51.2 Å². The molecule has 128 valence electrons. The molecule has 1 fully saturated rings. The summed E-state index contributed by atoms with van der Waals surface area (Å²) in [7, 11) is 0. The largest absolute Gasteiger partial charge is 0.357 e. The number of carbonyl (C=O) groups excluding carboxylic acids is 1. The summed E-state index contributed by atoms with van der Waals surface area (Å²) in [4.78, 5) is 16.3. The minimum absolute atomic E-state index is 0.152. The third kappa shape index (κ3) is 7.38. The quantitative estimate of drug-likeness (QED) is 0.344. The van der Waals surface area contributed by atoms with E-state index in [-0.39, 0.29) is 16.6 Å². The fraction of sp³-hybridized carbons (Fsp3) is 0.875. The zero-order chi connectivity index (χ0) is 16.4. The summed E-state index contributed by atoms with van der Waals surface area (Å²) in [5.74, 6) is 1.36. The van der Waals surface area contributed by atoms with Crippen molar-refractivity contribution in [3.63, 3.8) is 0 Å². The number of hydrogen-bond acceptors (Lipinski definition) is 3. The van der Waals surface area contributed by atoms with Gasteiger partial charge in [-0.1, -0.05) is 6.42 Å². The van der Waals surface area contributed by atoms with Crippen LogP contribution in [-0.2, 0) is 4.79 Å². The SMILES string of the molecule is CCNC(=NCC(C)(C)SC)NCCCNC(=O)C1CCC1. The zero-order valence-electron chi connectivity index (χ0n) is 14.5. The van der Waals surface area contributed by atoms with Gasteiger partial charge in [0.1, 0.15) is 0 Å². The molecule has 0 bridgehead atoms. The van der Waals surface area contributed by atoms with Crippen molar-refractivity contribution < 1.29 is 4.79 Å². The molecule has 0 radical (unpaired) electrons. The molecule has 0 saturated heterocycles. The Morgan fingerprint density at radius 2 is 1.91 bits per heavy atom. The van der Waals surface area contributed by atoms with Crippen LogP contribution >= 0.6 is 11.8 Å². The molecule has 0 aliphatic heterocycles. The second kappa shape index (κ2) is 9.98. The number of guanidine groups is 1. The number of thioether (sulfide) groups is 1. The third-order valence-corrected chi connectivity index (χ3v) is 5.17. The van der Waals surface area contributed by atoms with E-state index in [0.717, 1.165) is 51.4 Å². The highest BCUT2D eigenvalue weighted by Crippen LogP contribution is 2.26. The van der Waals surface area contributed by atoms with Crippen molar-refractivity contribution in [2.75, 3.05) is 32.4 Å². The summed E-state index contributed by atoms with van der Waals surface area (Å²) < 4.78 is 0.152. The highest BCUT2D eigenvalue weighted by molar-refractivity contribution is 7.99. The van der Waals surface area contributed by atoms with Gasteiger partial charge in [-0.2, -0.15) is 11.8 Å². The first kappa shape index (κ1) is 19.1. The molecule has 1 aliphatic rings. The van der Waals surface area contributed by atoms with Gasteiger partial charge in [-0.15, -0.1) is 0 Å². The van der Waals surface area contributed by atoms with Crippen molar-refractivity contribution in [1.29, 1.82) is 0 Å². The Labute approximate surface area is 139 Å². The highest BCUT2D eigenvalue weighted by Gasteiger charge is 2.24. The van der Waals surface area contributed by atoms with Gasteiger partial charge in [0.05, 0.1) is 6.54 Å². The van der Waals surface area contributed by atoms with Crippen LogP contribution in [0.25, 0.3) is 0 Å². The van der Waals surface area contributed by atoms with Crippen LogP contribution in [0.2, 0.25) is 0 Å². The van der Waals surface area contributed by atoms with Gasteiger partial charge in [0.15, 0.2) is 5.96 Å². The molecule has 0 aromatic heterocycles. The standard InChI is InChI=1S/C16H32N4OS/c1-5-17-15(20-12-16(2,3)22-4)19-11-7-10-18-14(21)13-8-6-9-13/h13H,5-12H2,1-4H3,(H,18,21)(H2,17,19,20). The van der Waals surface area contributed by atoms with Crippen molar-refractivity contribution in [1.82, 2.24) is 16.0 Å². The summed E-state index contributed by atoms with van der Waals surface area (Å²) in [5, 5.41) is 9.60. The molecular weight excluding hydrogens is 296 g/mol. The summed E-state index contributed by atoms with van der Waals surface area (Å²) in [5.41, 5.74) is 0. The maximum Gasteiger partial charge on any atom is 0.223 e. The number of nitrogens with one attached hydrogen (secondary N) is 3. The molecule has 1 rings (SSSR count). The van der Waals surface area contributed by atoms with E-state index in [4.69, 9.17) is 0 Å². The fourth-order valence-corrected chi connectivity index (χ4v) is 2.19. The van der Waals surface area contributed by atoms with Gasteiger partial charge in [0, 0.05) is 30.3 Å². The van der Waals surface area contributed by atoms with E-state index in [9.17, 15) is 4.79 Å². The molecule has 3 N–H and O–H groups in total. The van der Waals surface area contributed by atoms with Crippen molar-refractivity contribution in [2.24, 2.45) is 10.9 Å². The van der Waals surface area contributed by atoms with E-state index in [1.807, 2.05) is 11.8 Å². The zero-order valence-corrected chi connectivity index (χ0v) is 15.3. The molecule has 0 aromatic rings. The Morgan fingerprint density at radius 1 is 1.23 bits per heavy atom. The summed E-state index contributed by atoms with van der Waals surface area (Å²) >= 11 is 1.82. The Kier molecular flexibility index (Phi) is 8.68. The fourth-order valence-electron chi connectivity index (χ4n) is 2.00. The highest BCUT2D eigenvalue weighted by atomic mass is 32.2. The van der Waals surface area contributed by atoms with Crippen LogP contribution in [0.5, 0.6) is 0 Å². The maximum atomic E-state index is 11.7. The topological polar surface area (TPSA) is 65.5 Å². The van der Waals surface area contributed by atoms with E-state index >= 15 is 0 Å². The normalized spacial score (nSPS) is 16.1. The molecule has 0 heterocycles. The van der Waals surface area contributed by atoms with E-state index in [1.54, 1.807) is 0 Å². The minimum Gasteiger partial charge on any atom is -0.357 e. The molecule has 5 nitrogen and oxygen atoms in total. The number of amides is 1. The molecule has 0 spiro atoms. The van der Waals surface area contributed by atoms with E-state index in [0.29, 0.717) is 0 Å². The second-order valence-corrected chi connectivity index (χ2v) is 7.87. The van der Waals surface area contributed by atoms with Crippen LogP contribution in [0.3, 0.4) is 0 Å². The van der Waals surface area contributed by atoms with Gasteiger partial charge < -0.3 is 16.0 Å². The van der Waals surface area contributed by atoms with Gasteiger partial charge in [-0.25, -0.2) is 0 Å². The lowest BCUT2D eigenvalue weighted by Gasteiger charge is -2.24. The number of carbonyl (C=O) groups is 1. The van der Waals surface area contributed by atoms with Gasteiger partial charge in [-0.05, 0) is 46.3 Å². The smallest absolute Gasteiger partial charge is 0.223 e. The molecule has 0 aromatic carbocycles. The lowest BCUT2D eigenvalue weighted by atomic mass is 9.85. The van der Waals surface area contributed by atoms with Crippen LogP contribution in [0, 0.1) is 5.92 Å². The predicted octanol–water partition coefficient (Wildman–Crippen LogP) is 1.99. The lowest BCUT2D eigenvalue weighted by Crippen LogP contribution is -2.40. The van der Waals surface area contributed by atoms with Crippen molar-refractivity contribution in [3.8, 4) is 0 Å². The Hall–Kier alpha value is -0.910. The first-order valence-electron chi connectivity index (χ1n) is 8.33.